The molecule has 3 aromatic heterocycles. The Kier molecular flexibility index (Phi) is 3.78. The Morgan fingerprint density at radius 1 is 1.14 bits per heavy atom. The van der Waals surface area contributed by atoms with Crippen LogP contribution in [0.5, 0.6) is 0 Å². The van der Waals surface area contributed by atoms with E-state index in [-0.39, 0.29) is 4.90 Å². The molecule has 1 fully saturated rings. The van der Waals surface area contributed by atoms with Crippen LogP contribution in [0.3, 0.4) is 0 Å². The number of nitrogens with one attached hydrogen (secondary N) is 1. The molecule has 1 aliphatic rings. The Morgan fingerprint density at radius 2 is 1.97 bits per heavy atom. The zero-order chi connectivity index (χ0) is 20.2. The topological polar surface area (TPSA) is 106 Å². The summed E-state index contributed by atoms with van der Waals surface area (Å²) in [4.78, 5) is 8.30. The third kappa shape index (κ3) is 2.97. The van der Waals surface area contributed by atoms with Gasteiger partial charge < -0.3 is 0 Å². The molecular formula is C18H14F2N6O2S. The minimum atomic E-state index is -3.86. The zero-order valence-corrected chi connectivity index (χ0v) is 15.6. The van der Waals surface area contributed by atoms with Gasteiger partial charge in [-0.3, -0.25) is 5.10 Å². The van der Waals surface area contributed by atoms with Gasteiger partial charge in [0.1, 0.15) is 6.33 Å². The van der Waals surface area contributed by atoms with Gasteiger partial charge in [-0.2, -0.15) is 10.2 Å². The minimum absolute atomic E-state index is 0.0690. The summed E-state index contributed by atoms with van der Waals surface area (Å²) in [5, 5.41) is 10.4. The summed E-state index contributed by atoms with van der Waals surface area (Å²) in [6.07, 6.45) is 2.80. The average molecular weight is 416 g/mol. The number of fused-ring (bicyclic) bond motifs is 1. The first-order valence-corrected chi connectivity index (χ1v) is 10.3. The van der Waals surface area contributed by atoms with Crippen LogP contribution < -0.4 is 0 Å². The summed E-state index contributed by atoms with van der Waals surface area (Å²) in [6.45, 7) is 0. The Bertz CT molecular complexity index is 1310. The van der Waals surface area contributed by atoms with Gasteiger partial charge in [-0.25, -0.2) is 31.8 Å². The molecule has 29 heavy (non-hydrogen) atoms. The SMILES string of the molecule is O=S(=O)(c1cnc2c(cnn2-c2cccc(-c3ncn[nH]3)c2)c1)C1CC(F)(F)C1. The first-order chi connectivity index (χ1) is 13.8. The van der Waals surface area contributed by atoms with Crippen molar-refractivity contribution >= 4 is 20.9 Å². The molecule has 3 heterocycles. The molecule has 0 saturated heterocycles. The molecule has 1 N–H and O–H groups in total. The van der Waals surface area contributed by atoms with Gasteiger partial charge >= 0.3 is 0 Å². The smallest absolute Gasteiger partial charge is 0.250 e. The van der Waals surface area contributed by atoms with E-state index in [4.69, 9.17) is 0 Å². The number of hydrogen-bond donors (Lipinski definition) is 1. The van der Waals surface area contributed by atoms with Gasteiger partial charge in [-0.15, -0.1) is 0 Å². The number of halogens is 2. The minimum Gasteiger partial charge on any atom is -0.259 e. The molecule has 1 aromatic carbocycles. The summed E-state index contributed by atoms with van der Waals surface area (Å²) in [7, 11) is -3.86. The molecule has 5 rings (SSSR count). The zero-order valence-electron chi connectivity index (χ0n) is 14.8. The molecule has 1 aliphatic carbocycles. The number of benzene rings is 1. The normalized spacial score (nSPS) is 16.8. The van der Waals surface area contributed by atoms with Gasteiger partial charge in [0.25, 0.3) is 5.92 Å². The lowest BCUT2D eigenvalue weighted by Gasteiger charge is -2.34. The van der Waals surface area contributed by atoms with E-state index >= 15 is 0 Å². The van der Waals surface area contributed by atoms with Gasteiger partial charge in [-0.05, 0) is 18.2 Å². The van der Waals surface area contributed by atoms with Crippen molar-refractivity contribution in [3.05, 3.63) is 49.1 Å². The van der Waals surface area contributed by atoms with Gasteiger partial charge in [0.15, 0.2) is 21.3 Å². The molecule has 8 nitrogen and oxygen atoms in total. The maximum absolute atomic E-state index is 13.1. The third-order valence-electron chi connectivity index (χ3n) is 4.98. The average Bonchev–Trinajstić information content (AvgIpc) is 3.35. The second-order valence-corrected chi connectivity index (χ2v) is 9.18. The van der Waals surface area contributed by atoms with Crippen molar-refractivity contribution in [3.63, 3.8) is 0 Å². The van der Waals surface area contributed by atoms with Crippen molar-refractivity contribution in [1.29, 1.82) is 0 Å². The number of aromatic nitrogens is 6. The number of alkyl halides is 2. The highest BCUT2D eigenvalue weighted by molar-refractivity contribution is 7.92. The highest BCUT2D eigenvalue weighted by Gasteiger charge is 2.51. The van der Waals surface area contributed by atoms with E-state index in [1.54, 1.807) is 4.68 Å². The number of pyridine rings is 1. The molecule has 0 bridgehead atoms. The number of rotatable bonds is 4. The van der Waals surface area contributed by atoms with Gasteiger partial charge in [0, 0.05) is 30.0 Å². The molecule has 0 aliphatic heterocycles. The van der Waals surface area contributed by atoms with Crippen molar-refractivity contribution in [2.75, 3.05) is 0 Å². The van der Waals surface area contributed by atoms with Crippen LogP contribution in [-0.4, -0.2) is 49.5 Å². The number of sulfone groups is 1. The van der Waals surface area contributed by atoms with E-state index in [0.717, 1.165) is 5.56 Å². The molecule has 11 heteroatoms. The van der Waals surface area contributed by atoms with Crippen LogP contribution >= 0.6 is 0 Å². The van der Waals surface area contributed by atoms with Crippen LogP contribution in [0.15, 0.2) is 53.9 Å². The fraction of sp³-hybridized carbons (Fsp3) is 0.222. The van der Waals surface area contributed by atoms with Crippen molar-refractivity contribution in [3.8, 4) is 17.1 Å². The van der Waals surface area contributed by atoms with Gasteiger partial charge in [0.05, 0.1) is 22.0 Å². The van der Waals surface area contributed by atoms with Crippen LogP contribution in [0, 0.1) is 0 Å². The maximum Gasteiger partial charge on any atom is 0.250 e. The second-order valence-electron chi connectivity index (χ2n) is 6.96. The lowest BCUT2D eigenvalue weighted by atomic mass is 9.94. The largest absolute Gasteiger partial charge is 0.259 e. The van der Waals surface area contributed by atoms with Crippen molar-refractivity contribution in [2.45, 2.75) is 28.9 Å². The van der Waals surface area contributed by atoms with Crippen LogP contribution in [0.2, 0.25) is 0 Å². The number of aromatic amines is 1. The molecule has 0 spiro atoms. The molecule has 148 valence electrons. The highest BCUT2D eigenvalue weighted by Crippen LogP contribution is 2.43. The molecule has 4 aromatic rings. The fourth-order valence-electron chi connectivity index (χ4n) is 3.39. The van der Waals surface area contributed by atoms with E-state index in [2.05, 4.69) is 25.3 Å². The van der Waals surface area contributed by atoms with Crippen molar-refractivity contribution in [2.24, 2.45) is 0 Å². The molecular weight excluding hydrogens is 402 g/mol. The highest BCUT2D eigenvalue weighted by atomic mass is 32.2. The quantitative estimate of drug-likeness (QED) is 0.548. The first-order valence-electron chi connectivity index (χ1n) is 8.75. The Labute approximate surface area is 163 Å². The summed E-state index contributed by atoms with van der Waals surface area (Å²) in [5.41, 5.74) is 1.96. The lowest BCUT2D eigenvalue weighted by molar-refractivity contribution is -0.0685. The Morgan fingerprint density at radius 3 is 2.69 bits per heavy atom. The summed E-state index contributed by atoms with van der Waals surface area (Å²) < 4.78 is 53.0. The van der Waals surface area contributed by atoms with Crippen molar-refractivity contribution in [1.82, 2.24) is 29.9 Å². The summed E-state index contributed by atoms with van der Waals surface area (Å²) in [6, 6.07) is 8.79. The van der Waals surface area contributed by atoms with E-state index in [1.807, 2.05) is 24.3 Å². The summed E-state index contributed by atoms with van der Waals surface area (Å²) >= 11 is 0. The van der Waals surface area contributed by atoms with Crippen molar-refractivity contribution < 1.29 is 17.2 Å². The maximum atomic E-state index is 13.1. The second kappa shape index (κ2) is 6.14. The van der Waals surface area contributed by atoms with Gasteiger partial charge in [-0.1, -0.05) is 12.1 Å². The number of H-pyrrole nitrogens is 1. The van der Waals surface area contributed by atoms with E-state index in [1.165, 1.54) is 24.8 Å². The monoisotopic (exact) mass is 416 g/mol. The number of nitrogens with zero attached hydrogens (tertiary/aromatic N) is 5. The van der Waals surface area contributed by atoms with Crippen LogP contribution in [0.25, 0.3) is 28.1 Å². The number of hydrogen-bond acceptors (Lipinski definition) is 6. The lowest BCUT2D eigenvalue weighted by Crippen LogP contribution is -2.44. The van der Waals surface area contributed by atoms with E-state index < -0.39 is 33.9 Å². The Balaban J connectivity index is 1.52. The fourth-order valence-corrected chi connectivity index (χ4v) is 5.20. The predicted octanol–water partition coefficient (Wildman–Crippen LogP) is 2.78. The molecule has 0 unspecified atom stereocenters. The van der Waals surface area contributed by atoms with Crippen LogP contribution in [0.1, 0.15) is 12.8 Å². The third-order valence-corrected chi connectivity index (χ3v) is 7.07. The Hall–Kier alpha value is -3.21. The molecule has 1 saturated carbocycles. The molecule has 0 atom stereocenters. The van der Waals surface area contributed by atoms with Crippen LogP contribution in [0.4, 0.5) is 8.78 Å². The first kappa shape index (κ1) is 17.9. The van der Waals surface area contributed by atoms with E-state index in [0.29, 0.717) is 22.5 Å². The molecule has 0 amide bonds. The van der Waals surface area contributed by atoms with Crippen LogP contribution in [-0.2, 0) is 9.84 Å². The predicted molar refractivity (Wildman–Crippen MR) is 99.4 cm³/mol. The van der Waals surface area contributed by atoms with Gasteiger partial charge in [0.2, 0.25) is 0 Å². The summed E-state index contributed by atoms with van der Waals surface area (Å²) in [5.74, 6) is -2.31. The molecule has 0 radical (unpaired) electrons. The standard InChI is InChI=1S/C18H14F2N6O2S/c19-18(20)6-15(7-18)29(27,28)14-5-12-8-24-26(17(12)21-9-14)13-3-1-2-11(4-13)16-22-10-23-25-16/h1-5,8-10,15H,6-7H2,(H,22,23,25). The van der Waals surface area contributed by atoms with E-state index in [9.17, 15) is 17.2 Å².